The van der Waals surface area contributed by atoms with E-state index in [-0.39, 0.29) is 23.8 Å². The van der Waals surface area contributed by atoms with Crippen LogP contribution in [0, 0.1) is 23.2 Å². The minimum atomic E-state index is -0.141. The maximum absolute atomic E-state index is 12.3. The van der Waals surface area contributed by atoms with E-state index in [1.807, 2.05) is 11.4 Å². The quantitative estimate of drug-likeness (QED) is 0.841. The van der Waals surface area contributed by atoms with Crippen molar-refractivity contribution in [3.63, 3.8) is 0 Å². The number of amides is 1. The zero-order chi connectivity index (χ0) is 14.6. The lowest BCUT2D eigenvalue weighted by molar-refractivity contribution is -0.127. The normalized spacial score (nSPS) is 20.2. The van der Waals surface area contributed by atoms with Crippen LogP contribution in [-0.2, 0) is 11.3 Å². The first-order valence-corrected chi connectivity index (χ1v) is 7.86. The Morgan fingerprint density at radius 1 is 1.60 bits per heavy atom. The largest absolute Gasteiger partial charge is 0.384 e. The minimum absolute atomic E-state index is 0.110. The van der Waals surface area contributed by atoms with E-state index in [0.717, 1.165) is 29.7 Å². The second-order valence-electron chi connectivity index (χ2n) is 5.87. The van der Waals surface area contributed by atoms with Gasteiger partial charge in [-0.2, -0.15) is 0 Å². The van der Waals surface area contributed by atoms with Gasteiger partial charge in [0, 0.05) is 16.4 Å². The molecule has 0 radical (unpaired) electrons. The third kappa shape index (κ3) is 3.41. The summed E-state index contributed by atoms with van der Waals surface area (Å²) in [6, 6.07) is 1.92. The van der Waals surface area contributed by atoms with Crippen LogP contribution in [0.2, 0.25) is 0 Å². The molecular weight excluding hydrogens is 270 g/mol. The first kappa shape index (κ1) is 15.1. The number of rotatable bonds is 3. The molecule has 1 unspecified atom stereocenters. The molecule has 1 heterocycles. The Hall–Kier alpha value is -1.31. The highest BCUT2D eigenvalue weighted by molar-refractivity contribution is 7.10. The molecule has 108 valence electrons. The number of carbonyl (C=O) groups is 1. The van der Waals surface area contributed by atoms with Crippen molar-refractivity contribution in [2.24, 2.45) is 11.3 Å². The summed E-state index contributed by atoms with van der Waals surface area (Å²) in [5.41, 5.74) is 1.01. The van der Waals surface area contributed by atoms with Gasteiger partial charge in [-0.1, -0.05) is 32.1 Å². The van der Waals surface area contributed by atoms with Crippen molar-refractivity contribution in [1.29, 1.82) is 0 Å². The van der Waals surface area contributed by atoms with Gasteiger partial charge in [0.15, 0.2) is 0 Å². The molecule has 20 heavy (non-hydrogen) atoms. The lowest BCUT2D eigenvalue weighted by Gasteiger charge is -2.25. The monoisotopic (exact) mass is 291 g/mol. The van der Waals surface area contributed by atoms with Gasteiger partial charge in [0.25, 0.3) is 0 Å². The number of nitrogens with one attached hydrogen (secondary N) is 1. The molecule has 1 atom stereocenters. The Bertz CT molecular complexity index is 536. The molecule has 1 amide bonds. The molecule has 1 fully saturated rings. The average Bonchev–Trinajstić information content (AvgIpc) is 2.99. The van der Waals surface area contributed by atoms with Crippen LogP contribution in [0.5, 0.6) is 0 Å². The highest BCUT2D eigenvalue weighted by Crippen LogP contribution is 2.42. The molecule has 2 rings (SSSR count). The molecule has 1 aliphatic rings. The van der Waals surface area contributed by atoms with Gasteiger partial charge in [-0.15, -0.1) is 11.3 Å². The molecule has 0 aliphatic heterocycles. The van der Waals surface area contributed by atoms with Crippen molar-refractivity contribution >= 4 is 17.2 Å². The van der Waals surface area contributed by atoms with E-state index in [1.54, 1.807) is 11.3 Å². The smallest absolute Gasteiger partial charge is 0.223 e. The fourth-order valence-electron chi connectivity index (χ4n) is 2.83. The minimum Gasteiger partial charge on any atom is -0.384 e. The van der Waals surface area contributed by atoms with Gasteiger partial charge >= 0.3 is 0 Å². The van der Waals surface area contributed by atoms with Crippen molar-refractivity contribution in [2.75, 3.05) is 6.61 Å². The lowest BCUT2D eigenvalue weighted by atomic mass is 9.81. The molecule has 3 nitrogen and oxygen atoms in total. The van der Waals surface area contributed by atoms with Crippen molar-refractivity contribution < 1.29 is 9.90 Å². The summed E-state index contributed by atoms with van der Waals surface area (Å²) in [4.78, 5) is 13.3. The van der Waals surface area contributed by atoms with Crippen LogP contribution in [0.1, 0.15) is 43.6 Å². The average molecular weight is 291 g/mol. The van der Waals surface area contributed by atoms with Crippen molar-refractivity contribution in [3.05, 3.63) is 21.9 Å². The standard InChI is InChI=1S/C16H21NO2S/c1-16(2)8-3-6-13(16)15(19)17-11-14-12(5-4-9-18)7-10-20-14/h7,10,13,18H,3,6,8-9,11H2,1-2H3,(H,17,19). The van der Waals surface area contributed by atoms with E-state index in [0.29, 0.717) is 6.54 Å². The van der Waals surface area contributed by atoms with E-state index in [2.05, 4.69) is 31.0 Å². The van der Waals surface area contributed by atoms with E-state index >= 15 is 0 Å². The predicted molar refractivity (Wildman–Crippen MR) is 81.3 cm³/mol. The Morgan fingerprint density at radius 3 is 3.05 bits per heavy atom. The number of hydrogen-bond donors (Lipinski definition) is 2. The molecule has 1 aromatic heterocycles. The summed E-state index contributed by atoms with van der Waals surface area (Å²) < 4.78 is 0. The Kier molecular flexibility index (Phi) is 4.85. The molecule has 4 heteroatoms. The van der Waals surface area contributed by atoms with Crippen LogP contribution >= 0.6 is 11.3 Å². The first-order valence-electron chi connectivity index (χ1n) is 6.98. The van der Waals surface area contributed by atoms with Gasteiger partial charge in [0.1, 0.15) is 6.61 Å². The van der Waals surface area contributed by atoms with Gasteiger partial charge in [-0.05, 0) is 29.7 Å². The van der Waals surface area contributed by atoms with E-state index in [4.69, 9.17) is 5.11 Å². The first-order chi connectivity index (χ1) is 9.54. The van der Waals surface area contributed by atoms with Crippen LogP contribution in [0.15, 0.2) is 11.4 Å². The van der Waals surface area contributed by atoms with Crippen LogP contribution in [0.3, 0.4) is 0 Å². The summed E-state index contributed by atoms with van der Waals surface area (Å²) in [5.74, 6) is 5.83. The van der Waals surface area contributed by atoms with Gasteiger partial charge in [-0.3, -0.25) is 4.79 Å². The summed E-state index contributed by atoms with van der Waals surface area (Å²) in [7, 11) is 0. The van der Waals surface area contributed by atoms with Gasteiger partial charge < -0.3 is 10.4 Å². The maximum atomic E-state index is 12.3. The maximum Gasteiger partial charge on any atom is 0.223 e. The van der Waals surface area contributed by atoms with E-state index < -0.39 is 0 Å². The van der Waals surface area contributed by atoms with Crippen LogP contribution in [0.25, 0.3) is 0 Å². The highest BCUT2D eigenvalue weighted by Gasteiger charge is 2.39. The molecule has 0 aromatic carbocycles. The Labute approximate surface area is 124 Å². The third-order valence-electron chi connectivity index (χ3n) is 4.04. The number of thiophene rings is 1. The van der Waals surface area contributed by atoms with Crippen molar-refractivity contribution in [1.82, 2.24) is 5.32 Å². The predicted octanol–water partition coefficient (Wildman–Crippen LogP) is 2.53. The fraction of sp³-hybridized carbons (Fsp3) is 0.562. The van der Waals surface area contributed by atoms with Gasteiger partial charge in [0.2, 0.25) is 5.91 Å². The third-order valence-corrected chi connectivity index (χ3v) is 4.97. The molecule has 0 spiro atoms. The lowest BCUT2D eigenvalue weighted by Crippen LogP contribution is -2.35. The van der Waals surface area contributed by atoms with Crippen molar-refractivity contribution in [2.45, 2.75) is 39.7 Å². The Morgan fingerprint density at radius 2 is 2.40 bits per heavy atom. The molecule has 1 saturated carbocycles. The molecule has 1 aromatic rings. The second-order valence-corrected chi connectivity index (χ2v) is 6.87. The summed E-state index contributed by atoms with van der Waals surface area (Å²) >= 11 is 1.59. The second kappa shape index (κ2) is 6.43. The van der Waals surface area contributed by atoms with Gasteiger partial charge in [0.05, 0.1) is 6.54 Å². The molecule has 0 bridgehead atoms. The fourth-order valence-corrected chi connectivity index (χ4v) is 3.60. The SMILES string of the molecule is CC1(C)CCCC1C(=O)NCc1sccc1C#CCO. The molecule has 1 aliphatic carbocycles. The summed E-state index contributed by atoms with van der Waals surface area (Å²) in [6.07, 6.45) is 3.25. The van der Waals surface area contributed by atoms with Crippen LogP contribution in [-0.4, -0.2) is 17.6 Å². The number of aliphatic hydroxyl groups is 1. The highest BCUT2D eigenvalue weighted by atomic mass is 32.1. The molecule has 0 saturated heterocycles. The molecular formula is C16H21NO2S. The zero-order valence-corrected chi connectivity index (χ0v) is 12.8. The topological polar surface area (TPSA) is 49.3 Å². The summed E-state index contributed by atoms with van der Waals surface area (Å²) in [5, 5.41) is 13.7. The number of hydrogen-bond acceptors (Lipinski definition) is 3. The van der Waals surface area contributed by atoms with Gasteiger partial charge in [-0.25, -0.2) is 0 Å². The van der Waals surface area contributed by atoms with Crippen molar-refractivity contribution in [3.8, 4) is 11.8 Å². The van der Waals surface area contributed by atoms with E-state index in [9.17, 15) is 4.79 Å². The van der Waals surface area contributed by atoms with Crippen LogP contribution < -0.4 is 5.32 Å². The van der Waals surface area contributed by atoms with E-state index in [1.165, 1.54) is 0 Å². The Balaban J connectivity index is 1.96. The number of aliphatic hydroxyl groups excluding tert-OH is 1. The summed E-state index contributed by atoms with van der Waals surface area (Å²) in [6.45, 7) is 4.73. The van der Waals surface area contributed by atoms with Crippen LogP contribution in [0.4, 0.5) is 0 Å². The number of carbonyl (C=O) groups excluding carboxylic acids is 1. The molecule has 2 N–H and O–H groups in total. The zero-order valence-electron chi connectivity index (χ0n) is 12.0.